The maximum atomic E-state index is 9.55. The Morgan fingerprint density at radius 1 is 1.17 bits per heavy atom. The molecular weight excluding hydrogens is 388 g/mol. The molecule has 6 nitrogen and oxygen atoms in total. The van der Waals surface area contributed by atoms with Crippen LogP contribution in [0.25, 0.3) is 10.1 Å². The molecule has 1 fully saturated rings. The summed E-state index contributed by atoms with van der Waals surface area (Å²) >= 11 is 1.88. The minimum atomic E-state index is -1.26. The molecule has 2 heterocycles. The van der Waals surface area contributed by atoms with Crippen LogP contribution in [0.4, 0.5) is 0 Å². The highest BCUT2D eigenvalue weighted by Crippen LogP contribution is 2.28. The first-order valence-electron chi connectivity index (χ1n) is 9.90. The summed E-state index contributed by atoms with van der Waals surface area (Å²) < 4.78 is 1.42. The molecule has 1 aliphatic heterocycles. The maximum Gasteiger partial charge on any atom is 0.328 e. The van der Waals surface area contributed by atoms with Gasteiger partial charge in [0.25, 0.3) is 0 Å². The summed E-state index contributed by atoms with van der Waals surface area (Å²) in [5, 5.41) is 22.9. The lowest BCUT2D eigenvalue weighted by Crippen LogP contribution is -2.44. The average Bonchev–Trinajstić information content (AvgIpc) is 3.10. The highest BCUT2D eigenvalue weighted by atomic mass is 32.1. The minimum absolute atomic E-state index is 0.558. The van der Waals surface area contributed by atoms with E-state index in [1.807, 2.05) is 11.3 Å². The van der Waals surface area contributed by atoms with E-state index >= 15 is 0 Å². The zero-order valence-corrected chi connectivity index (χ0v) is 17.8. The van der Waals surface area contributed by atoms with E-state index in [0.717, 1.165) is 18.5 Å². The molecule has 0 bridgehead atoms. The number of nitrogens with zero attached hydrogens (tertiary/aromatic N) is 1. The topological polar surface area (TPSA) is 89.9 Å². The van der Waals surface area contributed by atoms with E-state index in [9.17, 15) is 9.59 Å². The largest absolute Gasteiger partial charge is 0.478 e. The van der Waals surface area contributed by atoms with Crippen LogP contribution in [0, 0.1) is 5.92 Å². The molecule has 0 saturated carbocycles. The SMILES string of the molecule is CC(C)CN(Cc1csc2ccccc12)C1CCNCC1.O=C(O)/C=C/C(=O)O. The van der Waals surface area contributed by atoms with E-state index in [4.69, 9.17) is 10.2 Å². The number of carboxylic acids is 2. The van der Waals surface area contributed by atoms with Crippen molar-refractivity contribution in [2.75, 3.05) is 19.6 Å². The van der Waals surface area contributed by atoms with Gasteiger partial charge in [-0.25, -0.2) is 9.59 Å². The van der Waals surface area contributed by atoms with Crippen LogP contribution in [-0.2, 0) is 16.1 Å². The van der Waals surface area contributed by atoms with E-state index in [2.05, 4.69) is 53.7 Å². The monoisotopic (exact) mass is 418 g/mol. The molecular formula is C22H30N2O4S. The molecule has 1 saturated heterocycles. The Hall–Kier alpha value is -2.22. The fourth-order valence-electron chi connectivity index (χ4n) is 3.50. The van der Waals surface area contributed by atoms with Crippen molar-refractivity contribution in [1.29, 1.82) is 0 Å². The molecule has 0 aliphatic carbocycles. The van der Waals surface area contributed by atoms with E-state index in [1.165, 1.54) is 48.1 Å². The molecule has 1 aromatic carbocycles. The number of hydrogen-bond donors (Lipinski definition) is 3. The second-order valence-corrected chi connectivity index (χ2v) is 8.48. The molecule has 0 unspecified atom stereocenters. The standard InChI is InChI=1S/C18H26N2S.C4H4O4/c1-14(2)11-20(16-7-9-19-10-8-16)12-15-13-21-18-6-4-3-5-17(15)18;5-3(6)1-2-4(7)8/h3-6,13-14,16,19H,7-12H2,1-2H3;1-2H,(H,5,6)(H,7,8)/b;2-1+. The van der Waals surface area contributed by atoms with Crippen molar-refractivity contribution in [3.05, 3.63) is 47.4 Å². The number of piperidine rings is 1. The van der Waals surface area contributed by atoms with Gasteiger partial charge in [-0.05, 0) is 54.2 Å². The van der Waals surface area contributed by atoms with Crippen LogP contribution >= 0.6 is 11.3 Å². The van der Waals surface area contributed by atoms with Gasteiger partial charge < -0.3 is 15.5 Å². The molecule has 158 valence electrons. The second-order valence-electron chi connectivity index (χ2n) is 7.57. The van der Waals surface area contributed by atoms with Crippen molar-refractivity contribution in [2.24, 2.45) is 5.92 Å². The Morgan fingerprint density at radius 2 is 1.79 bits per heavy atom. The molecule has 0 amide bonds. The van der Waals surface area contributed by atoms with E-state index in [-0.39, 0.29) is 0 Å². The molecule has 1 aromatic heterocycles. The lowest BCUT2D eigenvalue weighted by molar-refractivity contribution is -0.134. The number of rotatable bonds is 7. The molecule has 0 radical (unpaired) electrons. The summed E-state index contributed by atoms with van der Waals surface area (Å²) in [6, 6.07) is 9.56. The van der Waals surface area contributed by atoms with Gasteiger partial charge in [-0.1, -0.05) is 32.0 Å². The number of fused-ring (bicyclic) bond motifs is 1. The van der Waals surface area contributed by atoms with Crippen LogP contribution in [0.1, 0.15) is 32.3 Å². The summed E-state index contributed by atoms with van der Waals surface area (Å²) in [7, 11) is 0. The first-order chi connectivity index (χ1) is 13.9. The summed E-state index contributed by atoms with van der Waals surface area (Å²) in [6.45, 7) is 9.31. The number of nitrogens with one attached hydrogen (secondary N) is 1. The molecule has 7 heteroatoms. The third-order valence-corrected chi connectivity index (χ3v) is 5.74. The maximum absolute atomic E-state index is 9.55. The van der Waals surface area contributed by atoms with Gasteiger partial charge in [0.1, 0.15) is 0 Å². The van der Waals surface area contributed by atoms with Crippen LogP contribution in [-0.4, -0.2) is 52.7 Å². The van der Waals surface area contributed by atoms with Gasteiger partial charge in [-0.15, -0.1) is 11.3 Å². The lowest BCUT2D eigenvalue weighted by Gasteiger charge is -2.35. The smallest absolute Gasteiger partial charge is 0.328 e. The lowest BCUT2D eigenvalue weighted by atomic mass is 10.0. The number of hydrogen-bond acceptors (Lipinski definition) is 5. The zero-order chi connectivity index (χ0) is 21.2. The van der Waals surface area contributed by atoms with Gasteiger partial charge in [0.2, 0.25) is 0 Å². The normalized spacial score (nSPS) is 15.0. The van der Waals surface area contributed by atoms with Gasteiger partial charge in [0, 0.05) is 36.0 Å². The summed E-state index contributed by atoms with van der Waals surface area (Å²) in [5.41, 5.74) is 1.51. The third kappa shape index (κ3) is 7.97. The summed E-state index contributed by atoms with van der Waals surface area (Å²) in [5.74, 6) is -1.79. The number of carbonyl (C=O) groups is 2. The van der Waals surface area contributed by atoms with Crippen LogP contribution in [0.2, 0.25) is 0 Å². The first-order valence-corrected chi connectivity index (χ1v) is 10.8. The molecule has 29 heavy (non-hydrogen) atoms. The number of thiophene rings is 1. The minimum Gasteiger partial charge on any atom is -0.478 e. The molecule has 3 rings (SSSR count). The van der Waals surface area contributed by atoms with Crippen molar-refractivity contribution >= 4 is 33.4 Å². The number of aliphatic carboxylic acids is 2. The Kier molecular flexibility index (Phi) is 9.31. The fourth-order valence-corrected chi connectivity index (χ4v) is 4.45. The van der Waals surface area contributed by atoms with Crippen molar-refractivity contribution in [3.63, 3.8) is 0 Å². The van der Waals surface area contributed by atoms with Gasteiger partial charge in [-0.2, -0.15) is 0 Å². The quantitative estimate of drug-likeness (QED) is 0.592. The van der Waals surface area contributed by atoms with Gasteiger partial charge in [0.05, 0.1) is 0 Å². The molecule has 0 atom stereocenters. The molecule has 2 aromatic rings. The Bertz CT molecular complexity index is 809. The van der Waals surface area contributed by atoms with Crippen molar-refractivity contribution in [2.45, 2.75) is 39.3 Å². The second kappa shape index (κ2) is 11.7. The Morgan fingerprint density at radius 3 is 2.38 bits per heavy atom. The van der Waals surface area contributed by atoms with E-state index < -0.39 is 11.9 Å². The van der Waals surface area contributed by atoms with Crippen LogP contribution < -0.4 is 5.32 Å². The third-order valence-electron chi connectivity index (χ3n) is 4.73. The van der Waals surface area contributed by atoms with Gasteiger partial charge in [-0.3, -0.25) is 4.90 Å². The summed E-state index contributed by atoms with van der Waals surface area (Å²) in [6.07, 6.45) is 3.69. The molecule has 3 N–H and O–H groups in total. The fraction of sp³-hybridized carbons (Fsp3) is 0.455. The van der Waals surface area contributed by atoms with Crippen molar-refractivity contribution in [1.82, 2.24) is 10.2 Å². The van der Waals surface area contributed by atoms with Crippen molar-refractivity contribution in [3.8, 4) is 0 Å². The highest BCUT2D eigenvalue weighted by molar-refractivity contribution is 7.17. The molecule has 1 aliphatic rings. The first kappa shape index (κ1) is 23.1. The van der Waals surface area contributed by atoms with E-state index in [0.29, 0.717) is 12.2 Å². The van der Waals surface area contributed by atoms with Gasteiger partial charge in [0.15, 0.2) is 0 Å². The van der Waals surface area contributed by atoms with Crippen LogP contribution in [0.3, 0.4) is 0 Å². The van der Waals surface area contributed by atoms with Gasteiger partial charge >= 0.3 is 11.9 Å². The summed E-state index contributed by atoms with van der Waals surface area (Å²) in [4.78, 5) is 21.8. The van der Waals surface area contributed by atoms with E-state index in [1.54, 1.807) is 0 Å². The van der Waals surface area contributed by atoms with Crippen LogP contribution in [0.5, 0.6) is 0 Å². The predicted octanol–water partition coefficient (Wildman–Crippen LogP) is 3.82. The van der Waals surface area contributed by atoms with Crippen LogP contribution in [0.15, 0.2) is 41.8 Å². The van der Waals surface area contributed by atoms with Crippen molar-refractivity contribution < 1.29 is 19.8 Å². The number of carboxylic acid groups (broad SMARTS) is 2. The zero-order valence-electron chi connectivity index (χ0n) is 17.0. The predicted molar refractivity (Wildman–Crippen MR) is 117 cm³/mol. The highest BCUT2D eigenvalue weighted by Gasteiger charge is 2.22. The average molecular weight is 419 g/mol. The molecule has 0 spiro atoms. The Balaban J connectivity index is 0.000000321. The number of benzene rings is 1. The Labute approximate surface area is 175 Å².